The molecule has 0 fully saturated rings. The molecule has 0 spiro atoms. The molecule has 0 saturated carbocycles. The summed E-state index contributed by atoms with van der Waals surface area (Å²) in [5, 5.41) is 1.75. The molecule has 0 rings (SSSR count). The van der Waals surface area contributed by atoms with Crippen LogP contribution in [0.2, 0.25) is 0 Å². The molecule has 9 heteroatoms. The number of hydrogen-bond donors (Lipinski definition) is 1. The van der Waals surface area contributed by atoms with E-state index in [-0.39, 0.29) is 12.8 Å². The molecule has 14 heavy (non-hydrogen) atoms. The van der Waals surface area contributed by atoms with Crippen LogP contribution in [0.15, 0.2) is 4.40 Å². The molecule has 0 aliphatic heterocycles. The Hall–Kier alpha value is -1.12. The van der Waals surface area contributed by atoms with Crippen LogP contribution in [0.5, 0.6) is 0 Å². The zero-order valence-electron chi connectivity index (χ0n) is 7.00. The van der Waals surface area contributed by atoms with Crippen LogP contribution in [-0.4, -0.2) is 26.2 Å². The van der Waals surface area contributed by atoms with E-state index >= 15 is 0 Å². The van der Waals surface area contributed by atoms with Crippen LogP contribution in [0, 0.1) is 0 Å². The minimum Gasteiger partial charge on any atom is -0.316 e. The molecule has 1 amide bonds. The highest BCUT2D eigenvalue weighted by atomic mass is 32.2. The maximum absolute atomic E-state index is 11.6. The van der Waals surface area contributed by atoms with E-state index in [2.05, 4.69) is 4.40 Å². The molecular weight excluding hydrogens is 225 g/mol. The topological polar surface area (TPSA) is 75.6 Å². The lowest BCUT2D eigenvalue weighted by Crippen LogP contribution is -2.25. The van der Waals surface area contributed by atoms with Crippen LogP contribution in [0.3, 0.4) is 0 Å². The number of sulfonamides is 1. The first kappa shape index (κ1) is 12.9. The minimum atomic E-state index is -5.55. The number of alkyl halides is 3. The van der Waals surface area contributed by atoms with E-state index in [4.69, 9.17) is 0 Å². The van der Waals surface area contributed by atoms with Gasteiger partial charge in [-0.1, -0.05) is 6.92 Å². The SMILES string of the molecule is CCC(=O)NC=NS(=O)(=O)C(F)(F)F. The Morgan fingerprint density at radius 1 is 1.50 bits per heavy atom. The number of nitrogens with zero attached hydrogens (tertiary/aromatic N) is 1. The Morgan fingerprint density at radius 2 is 2.00 bits per heavy atom. The summed E-state index contributed by atoms with van der Waals surface area (Å²) < 4.78 is 57.6. The summed E-state index contributed by atoms with van der Waals surface area (Å²) in [4.78, 5) is 10.5. The third-order valence-corrected chi connectivity index (χ3v) is 2.00. The molecule has 5 nitrogen and oxygen atoms in total. The molecule has 1 N–H and O–H groups in total. The third-order valence-electron chi connectivity index (χ3n) is 1.03. The van der Waals surface area contributed by atoms with Crippen LogP contribution in [0.25, 0.3) is 0 Å². The van der Waals surface area contributed by atoms with Crippen molar-refractivity contribution < 1.29 is 26.4 Å². The van der Waals surface area contributed by atoms with Gasteiger partial charge in [0.2, 0.25) is 5.91 Å². The minimum absolute atomic E-state index is 0.0120. The van der Waals surface area contributed by atoms with Gasteiger partial charge in [-0.2, -0.15) is 21.6 Å². The summed E-state index contributed by atoms with van der Waals surface area (Å²) in [7, 11) is -5.55. The van der Waals surface area contributed by atoms with Gasteiger partial charge in [-0.3, -0.25) is 4.79 Å². The van der Waals surface area contributed by atoms with Gasteiger partial charge in [-0.05, 0) is 0 Å². The number of hydrogen-bond acceptors (Lipinski definition) is 3. The van der Waals surface area contributed by atoms with Gasteiger partial charge in [0.25, 0.3) is 0 Å². The van der Waals surface area contributed by atoms with Crippen molar-refractivity contribution in [1.82, 2.24) is 5.32 Å². The molecule has 0 aliphatic carbocycles. The van der Waals surface area contributed by atoms with E-state index in [1.165, 1.54) is 6.92 Å². The van der Waals surface area contributed by atoms with Gasteiger partial charge in [0, 0.05) is 6.42 Å². The van der Waals surface area contributed by atoms with Crippen molar-refractivity contribution in [2.75, 3.05) is 0 Å². The fourth-order valence-electron chi connectivity index (χ4n) is 0.330. The first-order chi connectivity index (χ1) is 6.20. The molecule has 0 radical (unpaired) electrons. The second kappa shape index (κ2) is 4.40. The fourth-order valence-corrected chi connectivity index (χ4v) is 0.641. The number of amides is 1. The van der Waals surface area contributed by atoms with Gasteiger partial charge in [0.15, 0.2) is 0 Å². The lowest BCUT2D eigenvalue weighted by Gasteiger charge is -2.01. The monoisotopic (exact) mass is 232 g/mol. The summed E-state index contributed by atoms with van der Waals surface area (Å²) in [5.41, 5.74) is -5.44. The molecule has 82 valence electrons. The van der Waals surface area contributed by atoms with Gasteiger partial charge >= 0.3 is 15.5 Å². The van der Waals surface area contributed by atoms with E-state index < -0.39 is 21.4 Å². The lowest BCUT2D eigenvalue weighted by molar-refractivity contribution is -0.119. The molecule has 0 aromatic carbocycles. The first-order valence-electron chi connectivity index (χ1n) is 3.35. The Morgan fingerprint density at radius 3 is 2.36 bits per heavy atom. The molecule has 0 bridgehead atoms. The van der Waals surface area contributed by atoms with Crippen molar-refractivity contribution in [3.63, 3.8) is 0 Å². The standard InChI is InChI=1S/C5H7F3N2O3S/c1-2-4(11)9-3-10-14(12,13)5(6,7)8/h3H,2H2,1H3,(H,9,10,11). The van der Waals surface area contributed by atoms with Gasteiger partial charge in [-0.15, -0.1) is 4.40 Å². The fraction of sp³-hybridized carbons (Fsp3) is 0.600. The maximum Gasteiger partial charge on any atom is 0.518 e. The van der Waals surface area contributed by atoms with Crippen LogP contribution < -0.4 is 5.32 Å². The average Bonchev–Trinajstić information content (AvgIpc) is 2.01. The van der Waals surface area contributed by atoms with Gasteiger partial charge in [0.1, 0.15) is 6.34 Å². The largest absolute Gasteiger partial charge is 0.518 e. The molecule has 0 atom stereocenters. The van der Waals surface area contributed by atoms with Crippen molar-refractivity contribution in [3.8, 4) is 0 Å². The molecular formula is C5H7F3N2O3S. The Bertz CT molecular complexity index is 333. The Kier molecular flexibility index (Phi) is 4.05. The molecule has 0 unspecified atom stereocenters. The number of halogens is 3. The molecule has 0 heterocycles. The zero-order chi connectivity index (χ0) is 11.4. The van der Waals surface area contributed by atoms with E-state index in [0.29, 0.717) is 0 Å². The highest BCUT2D eigenvalue weighted by Crippen LogP contribution is 2.23. The average molecular weight is 232 g/mol. The van der Waals surface area contributed by atoms with E-state index in [9.17, 15) is 26.4 Å². The first-order valence-corrected chi connectivity index (χ1v) is 4.79. The Labute approximate surface area is 78.1 Å². The summed E-state index contributed by atoms with van der Waals surface area (Å²) in [5.74, 6) is -0.633. The summed E-state index contributed by atoms with van der Waals surface area (Å²) in [6.07, 6.45) is 0.215. The molecule has 0 saturated heterocycles. The summed E-state index contributed by atoms with van der Waals surface area (Å²) in [6.45, 7) is 1.45. The number of carbonyl (C=O) groups excluding carboxylic acids is 1. The van der Waals surface area contributed by atoms with E-state index in [1.54, 1.807) is 5.32 Å². The quantitative estimate of drug-likeness (QED) is 0.565. The molecule has 0 aromatic heterocycles. The molecule has 0 aromatic rings. The van der Waals surface area contributed by atoms with Crippen molar-refractivity contribution in [3.05, 3.63) is 0 Å². The predicted octanol–water partition coefficient (Wildman–Crippen LogP) is 0.391. The second-order valence-corrected chi connectivity index (χ2v) is 3.70. The van der Waals surface area contributed by atoms with Gasteiger partial charge in [0.05, 0.1) is 0 Å². The van der Waals surface area contributed by atoms with Crippen molar-refractivity contribution >= 4 is 22.3 Å². The highest BCUT2D eigenvalue weighted by Gasteiger charge is 2.45. The van der Waals surface area contributed by atoms with Crippen LogP contribution in [0.1, 0.15) is 13.3 Å². The van der Waals surface area contributed by atoms with Gasteiger partial charge < -0.3 is 5.32 Å². The van der Waals surface area contributed by atoms with Crippen LogP contribution >= 0.6 is 0 Å². The van der Waals surface area contributed by atoms with Crippen molar-refractivity contribution in [2.24, 2.45) is 4.40 Å². The normalized spacial score (nSPS) is 13.1. The van der Waals surface area contributed by atoms with Crippen LogP contribution in [-0.2, 0) is 14.8 Å². The number of rotatable bonds is 3. The Balaban J connectivity index is 4.47. The van der Waals surface area contributed by atoms with Crippen molar-refractivity contribution in [1.29, 1.82) is 0 Å². The van der Waals surface area contributed by atoms with E-state index in [1.807, 2.05) is 0 Å². The highest BCUT2D eigenvalue weighted by molar-refractivity contribution is 7.91. The van der Waals surface area contributed by atoms with Crippen molar-refractivity contribution in [2.45, 2.75) is 18.9 Å². The lowest BCUT2D eigenvalue weighted by atomic mass is 10.5. The number of carbonyl (C=O) groups is 1. The zero-order valence-corrected chi connectivity index (χ0v) is 7.82. The number of nitrogens with one attached hydrogen (secondary N) is 1. The second-order valence-electron chi connectivity index (χ2n) is 2.08. The summed E-state index contributed by atoms with van der Waals surface area (Å²) >= 11 is 0. The van der Waals surface area contributed by atoms with Gasteiger partial charge in [-0.25, -0.2) is 0 Å². The maximum atomic E-state index is 11.6. The molecule has 0 aliphatic rings. The predicted molar refractivity (Wildman–Crippen MR) is 41.9 cm³/mol. The smallest absolute Gasteiger partial charge is 0.316 e. The van der Waals surface area contributed by atoms with Crippen LogP contribution in [0.4, 0.5) is 13.2 Å². The van der Waals surface area contributed by atoms with E-state index in [0.717, 1.165) is 0 Å². The summed E-state index contributed by atoms with van der Waals surface area (Å²) in [6, 6.07) is 0. The third kappa shape index (κ3) is 3.73.